The molecule has 3 heteroatoms. The molecule has 0 aromatic carbocycles. The van der Waals surface area contributed by atoms with Crippen LogP contribution >= 0.6 is 0 Å². The summed E-state index contributed by atoms with van der Waals surface area (Å²) in [6, 6.07) is 0. The largest absolute Gasteiger partial charge is 0.0999 e. The standard InChI is InChI=1S/CH3B.Fe.W/c1-2;;/h1H3;;. The van der Waals surface area contributed by atoms with E-state index in [9.17, 15) is 0 Å². The molecule has 0 rings (SSSR count). The van der Waals surface area contributed by atoms with Crippen LogP contribution in [0.2, 0.25) is 6.82 Å². The van der Waals surface area contributed by atoms with Gasteiger partial charge in [0.05, 0.1) is 7.85 Å². The molecule has 0 unspecified atom stereocenters. The fourth-order valence-electron chi connectivity index (χ4n) is 0. The van der Waals surface area contributed by atoms with Crippen molar-refractivity contribution in [2.45, 2.75) is 6.82 Å². The first-order chi connectivity index (χ1) is 1.00. The molecule has 0 aliphatic carbocycles. The quantitative estimate of drug-likeness (QED) is 0.549. The smallest absolute Gasteiger partial charge is 0.0606 e. The second kappa shape index (κ2) is 28.3. The van der Waals surface area contributed by atoms with Gasteiger partial charge in [0.1, 0.15) is 0 Å². The molecule has 0 aliphatic rings. The first-order valence-electron chi connectivity index (χ1n) is 0.577. The van der Waals surface area contributed by atoms with Crippen LogP contribution in [-0.4, -0.2) is 7.85 Å². The summed E-state index contributed by atoms with van der Waals surface area (Å²) in [6.45, 7) is 1.50. The maximum Gasteiger partial charge on any atom is 0.0606 e. The Bertz CT molecular complexity index is 8.00. The monoisotopic (exact) mass is 266 g/mol. The molecule has 0 aliphatic heterocycles. The average molecular weight is 266 g/mol. The summed E-state index contributed by atoms with van der Waals surface area (Å²) in [5, 5.41) is 0. The molecular formula is CH3BFeW. The zero-order valence-electron chi connectivity index (χ0n) is 2.34. The molecule has 0 fully saturated rings. The SMILES string of the molecule is [B]C.[Fe].[W]. The minimum Gasteiger partial charge on any atom is -0.0999 e. The Labute approximate surface area is 52.9 Å². The molecule has 0 aromatic rings. The van der Waals surface area contributed by atoms with E-state index in [1.807, 2.05) is 0 Å². The van der Waals surface area contributed by atoms with Crippen LogP contribution in [0.1, 0.15) is 0 Å². The van der Waals surface area contributed by atoms with Gasteiger partial charge in [-0.05, 0) is 0 Å². The first kappa shape index (κ1) is 18.6. The Morgan fingerprint density at radius 1 is 1.25 bits per heavy atom. The molecule has 0 bridgehead atoms. The van der Waals surface area contributed by atoms with Crippen LogP contribution in [0, 0.1) is 0 Å². The Morgan fingerprint density at radius 2 is 1.25 bits per heavy atom. The van der Waals surface area contributed by atoms with Crippen LogP contribution in [0.15, 0.2) is 0 Å². The average Bonchev–Trinajstić information content (AvgIpc) is 1.00. The zero-order valence-corrected chi connectivity index (χ0v) is 6.38. The van der Waals surface area contributed by atoms with E-state index in [4.69, 9.17) is 0 Å². The van der Waals surface area contributed by atoms with Crippen molar-refractivity contribution in [3.8, 4) is 0 Å². The molecule has 0 saturated carbocycles. The van der Waals surface area contributed by atoms with E-state index in [2.05, 4.69) is 7.85 Å². The molecule has 24 valence electrons. The van der Waals surface area contributed by atoms with Crippen molar-refractivity contribution in [3.63, 3.8) is 0 Å². The van der Waals surface area contributed by atoms with E-state index in [0.29, 0.717) is 0 Å². The minimum absolute atomic E-state index is 0. The van der Waals surface area contributed by atoms with Gasteiger partial charge < -0.3 is 0 Å². The van der Waals surface area contributed by atoms with E-state index in [-0.39, 0.29) is 38.1 Å². The number of hydrogen-bond donors (Lipinski definition) is 0. The molecule has 0 heterocycles. The van der Waals surface area contributed by atoms with E-state index < -0.39 is 0 Å². The van der Waals surface area contributed by atoms with Gasteiger partial charge in [-0.1, -0.05) is 6.82 Å². The zero-order chi connectivity index (χ0) is 2.00. The third kappa shape index (κ3) is 10.4. The van der Waals surface area contributed by atoms with Gasteiger partial charge in [-0.15, -0.1) is 0 Å². The van der Waals surface area contributed by atoms with Gasteiger partial charge in [-0.3, -0.25) is 0 Å². The molecule has 0 nitrogen and oxygen atoms in total. The van der Waals surface area contributed by atoms with Crippen LogP contribution in [0.25, 0.3) is 0 Å². The molecule has 0 saturated heterocycles. The molecule has 0 spiro atoms. The van der Waals surface area contributed by atoms with E-state index in [1.165, 1.54) is 6.82 Å². The van der Waals surface area contributed by atoms with Crippen molar-refractivity contribution in [2.75, 3.05) is 0 Å². The van der Waals surface area contributed by atoms with Crippen LogP contribution in [0.3, 0.4) is 0 Å². The van der Waals surface area contributed by atoms with Crippen LogP contribution in [0.4, 0.5) is 0 Å². The predicted molar refractivity (Wildman–Crippen MR) is 11.6 cm³/mol. The first-order valence-corrected chi connectivity index (χ1v) is 0.577. The maximum atomic E-state index is 4.50. The van der Waals surface area contributed by atoms with Crippen molar-refractivity contribution in [2.24, 2.45) is 0 Å². The summed E-state index contributed by atoms with van der Waals surface area (Å²) in [5.41, 5.74) is 0. The molecule has 0 aromatic heterocycles. The fraction of sp³-hybridized carbons (Fsp3) is 1.00. The van der Waals surface area contributed by atoms with E-state index >= 15 is 0 Å². The van der Waals surface area contributed by atoms with Crippen molar-refractivity contribution in [1.82, 2.24) is 0 Å². The summed E-state index contributed by atoms with van der Waals surface area (Å²) >= 11 is 0. The fourth-order valence-corrected chi connectivity index (χ4v) is 0. The van der Waals surface area contributed by atoms with Crippen LogP contribution in [0.5, 0.6) is 0 Å². The van der Waals surface area contributed by atoms with Gasteiger partial charge in [0.15, 0.2) is 0 Å². The molecule has 0 amide bonds. The normalized spacial score (nSPS) is 1.25. The van der Waals surface area contributed by atoms with Crippen LogP contribution in [-0.2, 0) is 38.1 Å². The minimum atomic E-state index is 0. The van der Waals surface area contributed by atoms with Crippen molar-refractivity contribution < 1.29 is 38.1 Å². The second-order valence-electron chi connectivity index (χ2n) is 0. The second-order valence-corrected chi connectivity index (χ2v) is 0. The van der Waals surface area contributed by atoms with Gasteiger partial charge in [-0.2, -0.15) is 0 Å². The third-order valence-corrected chi connectivity index (χ3v) is 0. The number of hydrogen-bond acceptors (Lipinski definition) is 0. The van der Waals surface area contributed by atoms with E-state index in [0.717, 1.165) is 0 Å². The summed E-state index contributed by atoms with van der Waals surface area (Å²) in [7, 11) is 4.50. The maximum absolute atomic E-state index is 4.50. The Hall–Kier alpha value is 1.27. The molecule has 4 heavy (non-hydrogen) atoms. The molecule has 2 radical (unpaired) electrons. The van der Waals surface area contributed by atoms with E-state index in [1.54, 1.807) is 0 Å². The molecule has 0 N–H and O–H groups in total. The summed E-state index contributed by atoms with van der Waals surface area (Å²) in [6.07, 6.45) is 0. The van der Waals surface area contributed by atoms with Gasteiger partial charge in [0.2, 0.25) is 0 Å². The Kier molecular flexibility index (Phi) is 132. The summed E-state index contributed by atoms with van der Waals surface area (Å²) in [4.78, 5) is 0. The third-order valence-electron chi connectivity index (χ3n) is 0. The van der Waals surface area contributed by atoms with Crippen molar-refractivity contribution in [3.05, 3.63) is 0 Å². The van der Waals surface area contributed by atoms with Gasteiger partial charge in [0.25, 0.3) is 0 Å². The Morgan fingerprint density at radius 3 is 1.25 bits per heavy atom. The number of rotatable bonds is 0. The summed E-state index contributed by atoms with van der Waals surface area (Å²) < 4.78 is 0. The van der Waals surface area contributed by atoms with Gasteiger partial charge in [-0.25, -0.2) is 0 Å². The van der Waals surface area contributed by atoms with Gasteiger partial charge in [0, 0.05) is 38.1 Å². The summed E-state index contributed by atoms with van der Waals surface area (Å²) in [5.74, 6) is 0. The predicted octanol–water partition coefficient (Wildman–Crippen LogP) is 0.198. The Balaban J connectivity index is -0.00000000500. The molecule has 0 atom stereocenters. The van der Waals surface area contributed by atoms with Crippen molar-refractivity contribution >= 4 is 7.85 Å². The van der Waals surface area contributed by atoms with Crippen LogP contribution < -0.4 is 0 Å². The van der Waals surface area contributed by atoms with Crippen molar-refractivity contribution in [1.29, 1.82) is 0 Å². The molecular weight excluding hydrogens is 263 g/mol. The van der Waals surface area contributed by atoms with Gasteiger partial charge >= 0.3 is 0 Å². The topological polar surface area (TPSA) is 0 Å².